The maximum atomic E-state index is 10.5. The zero-order chi connectivity index (χ0) is 11.6. The highest BCUT2D eigenvalue weighted by Gasteiger charge is 2.16. The zero-order valence-electron chi connectivity index (χ0n) is 9.10. The number of rotatable bonds is 3. The summed E-state index contributed by atoms with van der Waals surface area (Å²) >= 11 is 0. The predicted molar refractivity (Wildman–Crippen MR) is 57.9 cm³/mol. The molecule has 1 aromatic carbocycles. The lowest BCUT2D eigenvalue weighted by atomic mass is 9.92. The number of aryl methyl sites for hydroxylation is 1. The number of nitrogens with zero attached hydrogens (tertiary/aromatic N) is 1. The van der Waals surface area contributed by atoms with Gasteiger partial charge >= 0.3 is 0 Å². The maximum absolute atomic E-state index is 10.5. The van der Waals surface area contributed by atoms with Crippen LogP contribution in [0.1, 0.15) is 30.9 Å². The average molecular weight is 209 g/mol. The van der Waals surface area contributed by atoms with Gasteiger partial charge in [-0.2, -0.15) is 0 Å². The number of hydrogen-bond donors (Lipinski definition) is 1. The summed E-state index contributed by atoms with van der Waals surface area (Å²) in [6.07, 6.45) is -0.454. The Hall–Kier alpha value is -1.42. The molecule has 4 nitrogen and oxygen atoms in total. The van der Waals surface area contributed by atoms with Crippen LogP contribution in [0.25, 0.3) is 0 Å². The summed E-state index contributed by atoms with van der Waals surface area (Å²) in [5.74, 6) is -0.00851. The Balaban J connectivity index is 3.08. The number of nitro benzene ring substituents is 1. The van der Waals surface area contributed by atoms with E-state index in [9.17, 15) is 15.2 Å². The minimum atomic E-state index is -0.454. The van der Waals surface area contributed by atoms with Crippen LogP contribution in [0, 0.1) is 17.0 Å². The van der Waals surface area contributed by atoms with Gasteiger partial charge in [0, 0.05) is 18.1 Å². The van der Waals surface area contributed by atoms with Crippen molar-refractivity contribution in [3.63, 3.8) is 0 Å². The van der Waals surface area contributed by atoms with Crippen LogP contribution in [-0.2, 0) is 0 Å². The maximum Gasteiger partial charge on any atom is 0.269 e. The molecular weight excluding hydrogens is 194 g/mol. The van der Waals surface area contributed by atoms with Gasteiger partial charge < -0.3 is 5.11 Å². The van der Waals surface area contributed by atoms with Gasteiger partial charge in [-0.15, -0.1) is 0 Å². The number of non-ortho nitro benzene ring substituents is 1. The van der Waals surface area contributed by atoms with Gasteiger partial charge in [-0.1, -0.05) is 13.0 Å². The van der Waals surface area contributed by atoms with Crippen molar-refractivity contribution in [2.45, 2.75) is 32.8 Å². The van der Waals surface area contributed by atoms with E-state index in [2.05, 4.69) is 0 Å². The Bertz CT molecular complexity index is 374. The monoisotopic (exact) mass is 209 g/mol. The molecule has 0 radical (unpaired) electrons. The lowest BCUT2D eigenvalue weighted by molar-refractivity contribution is -0.384. The fraction of sp³-hybridized carbons (Fsp3) is 0.455. The Morgan fingerprint density at radius 1 is 1.40 bits per heavy atom. The van der Waals surface area contributed by atoms with Crippen LogP contribution in [0.15, 0.2) is 18.2 Å². The second-order valence-corrected chi connectivity index (χ2v) is 3.83. The zero-order valence-corrected chi connectivity index (χ0v) is 9.10. The molecule has 0 spiro atoms. The SMILES string of the molecule is Cc1cc([N+](=O)[O-])ccc1C(C)C(C)O. The molecule has 2 atom stereocenters. The quantitative estimate of drug-likeness (QED) is 0.614. The van der Waals surface area contributed by atoms with E-state index >= 15 is 0 Å². The fourth-order valence-corrected chi connectivity index (χ4v) is 1.54. The van der Waals surface area contributed by atoms with Crippen LogP contribution < -0.4 is 0 Å². The molecule has 4 heteroatoms. The summed E-state index contributed by atoms with van der Waals surface area (Å²) in [5.41, 5.74) is 1.89. The smallest absolute Gasteiger partial charge is 0.269 e. The third-order valence-corrected chi connectivity index (χ3v) is 2.68. The molecule has 15 heavy (non-hydrogen) atoms. The first-order chi connectivity index (χ1) is 6.93. The molecule has 0 aliphatic heterocycles. The number of nitro groups is 1. The highest BCUT2D eigenvalue weighted by Crippen LogP contribution is 2.25. The van der Waals surface area contributed by atoms with E-state index in [1.165, 1.54) is 12.1 Å². The number of hydrogen-bond acceptors (Lipinski definition) is 3. The van der Waals surface area contributed by atoms with Crippen LogP contribution in [0.5, 0.6) is 0 Å². The highest BCUT2D eigenvalue weighted by molar-refractivity contribution is 5.40. The van der Waals surface area contributed by atoms with Crippen molar-refractivity contribution in [2.75, 3.05) is 0 Å². The van der Waals surface area contributed by atoms with Crippen molar-refractivity contribution in [1.82, 2.24) is 0 Å². The van der Waals surface area contributed by atoms with Gasteiger partial charge in [-0.25, -0.2) is 0 Å². The average Bonchev–Trinajstić information content (AvgIpc) is 2.16. The lowest BCUT2D eigenvalue weighted by Crippen LogP contribution is -2.12. The standard InChI is InChI=1S/C11H15NO3/c1-7-6-10(12(14)15)4-5-11(7)8(2)9(3)13/h4-6,8-9,13H,1-3H3. The summed E-state index contributed by atoms with van der Waals surface area (Å²) in [5, 5.41) is 20.0. The van der Waals surface area contributed by atoms with Crippen molar-refractivity contribution in [3.8, 4) is 0 Å². The van der Waals surface area contributed by atoms with Crippen LogP contribution in [0.3, 0.4) is 0 Å². The van der Waals surface area contributed by atoms with Gasteiger partial charge in [-0.05, 0) is 25.0 Å². The minimum absolute atomic E-state index is 0.00851. The molecule has 0 aliphatic carbocycles. The van der Waals surface area contributed by atoms with Crippen molar-refractivity contribution >= 4 is 5.69 Å². The molecule has 82 valence electrons. The highest BCUT2D eigenvalue weighted by atomic mass is 16.6. The topological polar surface area (TPSA) is 63.4 Å². The van der Waals surface area contributed by atoms with Gasteiger partial charge in [-0.3, -0.25) is 10.1 Å². The first-order valence-corrected chi connectivity index (χ1v) is 4.86. The van der Waals surface area contributed by atoms with Crippen molar-refractivity contribution in [3.05, 3.63) is 39.4 Å². The van der Waals surface area contributed by atoms with E-state index in [0.29, 0.717) is 0 Å². The van der Waals surface area contributed by atoms with Gasteiger partial charge in [0.15, 0.2) is 0 Å². The Labute approximate surface area is 88.7 Å². The first kappa shape index (κ1) is 11.7. The van der Waals surface area contributed by atoms with E-state index in [-0.39, 0.29) is 11.6 Å². The molecular formula is C11H15NO3. The van der Waals surface area contributed by atoms with Gasteiger partial charge in [0.25, 0.3) is 5.69 Å². The number of aliphatic hydroxyl groups is 1. The lowest BCUT2D eigenvalue weighted by Gasteiger charge is -2.17. The molecule has 0 amide bonds. The van der Waals surface area contributed by atoms with Crippen molar-refractivity contribution < 1.29 is 10.0 Å². The molecule has 0 aliphatic rings. The van der Waals surface area contributed by atoms with Crippen molar-refractivity contribution in [1.29, 1.82) is 0 Å². The van der Waals surface area contributed by atoms with Crippen LogP contribution in [0.2, 0.25) is 0 Å². The molecule has 0 aromatic heterocycles. The first-order valence-electron chi connectivity index (χ1n) is 4.86. The predicted octanol–water partition coefficient (Wildman–Crippen LogP) is 2.39. The normalized spacial score (nSPS) is 14.7. The number of aliphatic hydroxyl groups excluding tert-OH is 1. The van der Waals surface area contributed by atoms with Crippen LogP contribution in [-0.4, -0.2) is 16.1 Å². The molecule has 1 aromatic rings. The Morgan fingerprint density at radius 2 is 2.00 bits per heavy atom. The van der Waals surface area contributed by atoms with Crippen LogP contribution in [0.4, 0.5) is 5.69 Å². The molecule has 0 saturated heterocycles. The Kier molecular flexibility index (Phi) is 3.42. The van der Waals surface area contributed by atoms with E-state index in [0.717, 1.165) is 11.1 Å². The third-order valence-electron chi connectivity index (χ3n) is 2.68. The molecule has 0 heterocycles. The summed E-state index contributed by atoms with van der Waals surface area (Å²) in [4.78, 5) is 10.1. The summed E-state index contributed by atoms with van der Waals surface area (Å²) < 4.78 is 0. The molecule has 0 bridgehead atoms. The second kappa shape index (κ2) is 4.40. The molecule has 1 rings (SSSR count). The van der Waals surface area contributed by atoms with Gasteiger partial charge in [0.2, 0.25) is 0 Å². The van der Waals surface area contributed by atoms with E-state index in [1.807, 2.05) is 13.8 Å². The van der Waals surface area contributed by atoms with Gasteiger partial charge in [0.1, 0.15) is 0 Å². The molecule has 1 N–H and O–H groups in total. The summed E-state index contributed by atoms with van der Waals surface area (Å²) in [6, 6.07) is 4.72. The second-order valence-electron chi connectivity index (χ2n) is 3.83. The van der Waals surface area contributed by atoms with E-state index < -0.39 is 11.0 Å². The van der Waals surface area contributed by atoms with Gasteiger partial charge in [0.05, 0.1) is 11.0 Å². The molecule has 0 fully saturated rings. The largest absolute Gasteiger partial charge is 0.393 e. The number of benzene rings is 1. The summed E-state index contributed by atoms with van der Waals surface area (Å²) in [7, 11) is 0. The van der Waals surface area contributed by atoms with E-state index in [1.54, 1.807) is 13.0 Å². The van der Waals surface area contributed by atoms with E-state index in [4.69, 9.17) is 0 Å². The fourth-order valence-electron chi connectivity index (χ4n) is 1.54. The Morgan fingerprint density at radius 3 is 2.40 bits per heavy atom. The summed E-state index contributed by atoms with van der Waals surface area (Å²) in [6.45, 7) is 5.44. The van der Waals surface area contributed by atoms with Crippen molar-refractivity contribution in [2.24, 2.45) is 0 Å². The van der Waals surface area contributed by atoms with Crippen LogP contribution >= 0.6 is 0 Å². The molecule has 0 saturated carbocycles. The molecule has 2 unspecified atom stereocenters. The third kappa shape index (κ3) is 2.53. The minimum Gasteiger partial charge on any atom is -0.393 e.